The molecule has 0 saturated heterocycles. The van der Waals surface area contributed by atoms with E-state index in [-0.39, 0.29) is 53.4 Å². The van der Waals surface area contributed by atoms with Crippen molar-refractivity contribution in [1.29, 1.82) is 0 Å². The zero-order valence-electron chi connectivity index (χ0n) is 19.8. The molecule has 0 heterocycles. The summed E-state index contributed by atoms with van der Waals surface area (Å²) in [4.78, 5) is 36.5. The summed E-state index contributed by atoms with van der Waals surface area (Å²) in [5, 5.41) is 12.0. The summed E-state index contributed by atoms with van der Waals surface area (Å²) >= 11 is 5.40. The number of aliphatic hydroxyl groups excluding tert-OH is 1. The molecule has 3 saturated carbocycles. The number of rotatable bonds is 5. The number of esters is 1. The minimum absolute atomic E-state index is 0.0634. The van der Waals surface area contributed by atoms with Crippen LogP contribution in [0.1, 0.15) is 59.8 Å². The van der Waals surface area contributed by atoms with Crippen LogP contribution >= 0.6 is 12.2 Å². The van der Waals surface area contributed by atoms with Gasteiger partial charge in [0.15, 0.2) is 16.6 Å². The van der Waals surface area contributed by atoms with Crippen LogP contribution in [0.25, 0.3) is 0 Å². The average Bonchev–Trinajstić information content (AvgIpc) is 3.09. The predicted octanol–water partition coefficient (Wildman–Crippen LogP) is 3.75. The number of Topliss-reactive ketones (excluding diaryl/α,β-unsaturated/α-hetero) is 1. The van der Waals surface area contributed by atoms with Gasteiger partial charge in [0.2, 0.25) is 0 Å². The molecular weight excluding hydrogens is 440 g/mol. The van der Waals surface area contributed by atoms with E-state index in [1.54, 1.807) is 12.2 Å². The Hall–Kier alpha value is -1.86. The van der Waals surface area contributed by atoms with Crippen LogP contribution in [0.4, 0.5) is 0 Å². The van der Waals surface area contributed by atoms with Gasteiger partial charge in [-0.15, -0.1) is 0 Å². The summed E-state index contributed by atoms with van der Waals surface area (Å²) in [6, 6.07) is 0. The predicted molar refractivity (Wildman–Crippen MR) is 126 cm³/mol. The highest BCUT2D eigenvalue weighted by atomic mass is 32.1. The molecule has 0 aromatic heterocycles. The molecule has 0 radical (unpaired) electrons. The highest BCUT2D eigenvalue weighted by molar-refractivity contribution is 7.80. The second-order valence-corrected chi connectivity index (χ2v) is 11.1. The van der Waals surface area contributed by atoms with Gasteiger partial charge in [-0.1, -0.05) is 26.8 Å². The van der Waals surface area contributed by atoms with Crippen LogP contribution in [0.15, 0.2) is 23.8 Å². The number of allylic oxidation sites excluding steroid dienone is 3. The topological polar surface area (TPSA) is 89.9 Å². The number of hydrogen-bond donors (Lipinski definition) is 1. The van der Waals surface area contributed by atoms with Crippen molar-refractivity contribution in [2.24, 2.45) is 34.5 Å². The van der Waals surface area contributed by atoms with Crippen LogP contribution in [0, 0.1) is 34.5 Å². The fraction of sp³-hybridized carbons (Fsp3) is 0.692. The molecule has 8 atom stereocenters. The molecule has 0 aromatic carbocycles. The normalized spacial score (nSPS) is 41.4. The van der Waals surface area contributed by atoms with E-state index in [2.05, 4.69) is 13.8 Å². The number of fused-ring (bicyclic) bond motifs is 5. The molecule has 0 bridgehead atoms. The summed E-state index contributed by atoms with van der Waals surface area (Å²) in [5.41, 5.74) is 0.0142. The molecule has 0 aromatic rings. The van der Waals surface area contributed by atoms with Crippen LogP contribution in [-0.4, -0.2) is 46.5 Å². The summed E-state index contributed by atoms with van der Waals surface area (Å²) in [6.45, 7) is 7.25. The molecule has 4 aliphatic rings. The first-order valence-corrected chi connectivity index (χ1v) is 12.4. The van der Waals surface area contributed by atoms with Gasteiger partial charge in [0.25, 0.3) is 0 Å². The highest BCUT2D eigenvalue weighted by Crippen LogP contribution is 2.66. The maximum absolute atomic E-state index is 13.0. The number of thiocarbonyl (C=S) groups is 1. The standard InChI is InChI=1S/C26H34O6S/c1-5-23(33)32-22-11-16-17-6-7-18(21(30)13-31-14(2)27)26(17,4)12-20(29)24(16)25(3)9-8-15(28)10-19(22)25/h8-10,16-18,20,22,24,29H,5-7,11-13H2,1-4H3/t16-,17-,18+,20-,22-,24+,25-,26-/m0/s1. The molecule has 0 spiro atoms. The van der Waals surface area contributed by atoms with E-state index in [4.69, 9.17) is 21.7 Å². The third kappa shape index (κ3) is 4.01. The number of ketones is 2. The molecule has 3 fully saturated rings. The summed E-state index contributed by atoms with van der Waals surface area (Å²) < 4.78 is 11.2. The molecule has 33 heavy (non-hydrogen) atoms. The Labute approximate surface area is 200 Å². The summed E-state index contributed by atoms with van der Waals surface area (Å²) in [5.74, 6) is -0.560. The lowest BCUT2D eigenvalue weighted by Gasteiger charge is -2.59. The Balaban J connectivity index is 1.69. The van der Waals surface area contributed by atoms with E-state index in [1.807, 2.05) is 13.0 Å². The fourth-order valence-electron chi connectivity index (χ4n) is 7.51. The molecule has 0 amide bonds. The molecule has 6 nitrogen and oxygen atoms in total. The van der Waals surface area contributed by atoms with Gasteiger partial charge in [-0.25, -0.2) is 0 Å². The van der Waals surface area contributed by atoms with Gasteiger partial charge in [-0.2, -0.15) is 0 Å². The van der Waals surface area contributed by atoms with Crippen molar-refractivity contribution in [2.75, 3.05) is 6.61 Å². The van der Waals surface area contributed by atoms with Crippen molar-refractivity contribution in [2.45, 2.75) is 72.0 Å². The fourth-order valence-corrected chi connectivity index (χ4v) is 7.63. The van der Waals surface area contributed by atoms with Gasteiger partial charge in [0, 0.05) is 30.6 Å². The number of hydrogen-bond acceptors (Lipinski definition) is 7. The minimum atomic E-state index is -0.622. The maximum atomic E-state index is 13.0. The van der Waals surface area contributed by atoms with Crippen LogP contribution in [0.2, 0.25) is 0 Å². The van der Waals surface area contributed by atoms with E-state index in [0.717, 1.165) is 18.4 Å². The minimum Gasteiger partial charge on any atom is -0.480 e. The van der Waals surface area contributed by atoms with Crippen molar-refractivity contribution in [1.82, 2.24) is 0 Å². The highest BCUT2D eigenvalue weighted by Gasteiger charge is 2.64. The van der Waals surface area contributed by atoms with Crippen LogP contribution < -0.4 is 0 Å². The lowest BCUT2D eigenvalue weighted by molar-refractivity contribution is -0.153. The molecule has 7 heteroatoms. The summed E-state index contributed by atoms with van der Waals surface area (Å²) in [6.07, 6.45) is 7.66. The van der Waals surface area contributed by atoms with E-state index in [0.29, 0.717) is 24.3 Å². The average molecular weight is 475 g/mol. The van der Waals surface area contributed by atoms with Crippen molar-refractivity contribution < 1.29 is 29.0 Å². The van der Waals surface area contributed by atoms with Crippen molar-refractivity contribution in [3.8, 4) is 0 Å². The third-order valence-electron chi connectivity index (χ3n) is 8.86. The van der Waals surface area contributed by atoms with Crippen molar-refractivity contribution in [3.63, 3.8) is 0 Å². The Morgan fingerprint density at radius 3 is 2.67 bits per heavy atom. The second-order valence-electron chi connectivity index (χ2n) is 10.6. The van der Waals surface area contributed by atoms with Crippen LogP contribution in [0.3, 0.4) is 0 Å². The SMILES string of the molecule is CCC(=S)O[C@H]1C[C@@H]2[C@H]([C@@H](O)C[C@]3(C)[C@@H](C(=O)COC(C)=O)CC[C@@H]23)[C@@]2(C)C=CC(=O)C=C12. The molecule has 0 unspecified atom stereocenters. The largest absolute Gasteiger partial charge is 0.480 e. The monoisotopic (exact) mass is 474 g/mol. The van der Waals surface area contributed by atoms with Gasteiger partial charge in [0.05, 0.1) is 6.10 Å². The molecule has 4 rings (SSSR count). The first-order valence-electron chi connectivity index (χ1n) is 12.0. The second kappa shape index (κ2) is 8.73. The Bertz CT molecular complexity index is 937. The first kappa shape index (κ1) is 24.3. The third-order valence-corrected chi connectivity index (χ3v) is 9.24. The number of aliphatic hydroxyl groups is 1. The first-order chi connectivity index (χ1) is 15.5. The van der Waals surface area contributed by atoms with Crippen LogP contribution in [0.5, 0.6) is 0 Å². The Morgan fingerprint density at radius 2 is 2.00 bits per heavy atom. The van der Waals surface area contributed by atoms with Gasteiger partial charge in [0.1, 0.15) is 12.7 Å². The molecular formula is C26H34O6S. The van der Waals surface area contributed by atoms with Crippen LogP contribution in [-0.2, 0) is 23.9 Å². The van der Waals surface area contributed by atoms with Gasteiger partial charge in [-0.3, -0.25) is 14.4 Å². The molecule has 180 valence electrons. The van der Waals surface area contributed by atoms with E-state index < -0.39 is 17.5 Å². The van der Waals surface area contributed by atoms with E-state index in [1.165, 1.54) is 6.92 Å². The summed E-state index contributed by atoms with van der Waals surface area (Å²) in [7, 11) is 0. The quantitative estimate of drug-likeness (QED) is 0.479. The zero-order chi connectivity index (χ0) is 24.1. The van der Waals surface area contributed by atoms with Crippen molar-refractivity contribution >= 4 is 34.8 Å². The maximum Gasteiger partial charge on any atom is 0.303 e. The molecule has 0 aliphatic heterocycles. The number of carbonyl (C=O) groups is 3. The van der Waals surface area contributed by atoms with E-state index in [9.17, 15) is 19.5 Å². The molecule has 1 N–H and O–H groups in total. The Morgan fingerprint density at radius 1 is 1.27 bits per heavy atom. The zero-order valence-corrected chi connectivity index (χ0v) is 20.7. The Kier molecular flexibility index (Phi) is 6.42. The smallest absolute Gasteiger partial charge is 0.303 e. The van der Waals surface area contributed by atoms with Crippen molar-refractivity contribution in [3.05, 3.63) is 23.8 Å². The van der Waals surface area contributed by atoms with Gasteiger partial charge >= 0.3 is 5.97 Å². The number of ether oxygens (including phenoxy) is 2. The van der Waals surface area contributed by atoms with Gasteiger partial charge < -0.3 is 14.6 Å². The lowest BCUT2D eigenvalue weighted by atomic mass is 9.46. The van der Waals surface area contributed by atoms with Gasteiger partial charge in [-0.05, 0) is 72.9 Å². The lowest BCUT2D eigenvalue weighted by Crippen LogP contribution is -2.59. The number of carbonyl (C=O) groups excluding carboxylic acids is 3. The van der Waals surface area contributed by atoms with E-state index >= 15 is 0 Å². The molecule has 4 aliphatic carbocycles.